The van der Waals surface area contributed by atoms with Gasteiger partial charge in [0.15, 0.2) is 0 Å². The second-order valence-corrected chi connectivity index (χ2v) is 15.3. The Morgan fingerprint density at radius 1 is 1.03 bits per heavy atom. The molecule has 2 aromatic carbocycles. The van der Waals surface area contributed by atoms with Gasteiger partial charge in [0, 0.05) is 0 Å². The summed E-state index contributed by atoms with van der Waals surface area (Å²) in [5.41, 5.74) is -0.245. The topological polar surface area (TPSA) is 107 Å². The van der Waals surface area contributed by atoms with Crippen molar-refractivity contribution in [2.45, 2.75) is 69.6 Å². The molecule has 0 aliphatic heterocycles. The average molecular weight is 627 g/mol. The molecule has 0 amide bonds. The van der Waals surface area contributed by atoms with Crippen LogP contribution >= 0.6 is 0 Å². The minimum atomic E-state index is -0.739. The summed E-state index contributed by atoms with van der Waals surface area (Å²) in [5, 5.41) is 35.5. The Bertz CT molecular complexity index is 1070. The van der Waals surface area contributed by atoms with E-state index in [1.54, 1.807) is 24.3 Å². The summed E-state index contributed by atoms with van der Waals surface area (Å²) in [6.07, 6.45) is 3.91. The minimum absolute atomic E-state index is 0.0136. The van der Waals surface area contributed by atoms with Crippen molar-refractivity contribution in [1.29, 1.82) is 0 Å². The molecule has 3 rings (SSSR count). The van der Waals surface area contributed by atoms with E-state index in [1.165, 1.54) is 0 Å². The molecule has 0 aromatic heterocycles. The number of para-hydroxylation sites is 2. The molecule has 0 spiro atoms. The molecule has 1 aliphatic rings. The van der Waals surface area contributed by atoms with E-state index >= 15 is 0 Å². The third-order valence-corrected chi connectivity index (χ3v) is 12.8. The first kappa shape index (κ1) is 28.8. The molecule has 1 aliphatic carbocycles. The zero-order valence-electron chi connectivity index (χ0n) is 21.4. The fourth-order valence-corrected chi connectivity index (χ4v) is 10.5. The average Bonchev–Trinajstić information content (AvgIpc) is 2.82. The summed E-state index contributed by atoms with van der Waals surface area (Å²) >= 11 is 0.00238. The van der Waals surface area contributed by atoms with Gasteiger partial charge in [-0.05, 0) is 0 Å². The van der Waals surface area contributed by atoms with E-state index in [-0.39, 0.29) is 62.5 Å². The zero-order valence-corrected chi connectivity index (χ0v) is 24.8. The summed E-state index contributed by atoms with van der Waals surface area (Å²) in [5.74, 6) is 0.963. The summed E-state index contributed by atoms with van der Waals surface area (Å²) in [4.78, 5) is 22.3. The summed E-state index contributed by atoms with van der Waals surface area (Å²) in [7, 11) is 0. The molecular formula is C27H36N2O5Se2. The van der Waals surface area contributed by atoms with E-state index in [0.29, 0.717) is 11.8 Å². The number of aliphatic hydroxyl groups is 1. The van der Waals surface area contributed by atoms with Gasteiger partial charge in [0.1, 0.15) is 0 Å². The molecule has 4 atom stereocenters. The van der Waals surface area contributed by atoms with Gasteiger partial charge in [-0.25, -0.2) is 0 Å². The first-order chi connectivity index (χ1) is 16.9. The van der Waals surface area contributed by atoms with E-state index in [9.17, 15) is 25.3 Å². The number of nitro benzene ring substituents is 2. The normalized spacial score (nSPS) is 23.2. The maximum absolute atomic E-state index is 11.5. The Kier molecular flexibility index (Phi) is 9.75. The first-order valence-electron chi connectivity index (χ1n) is 12.4. The molecule has 1 saturated carbocycles. The van der Waals surface area contributed by atoms with Crippen molar-refractivity contribution in [3.8, 4) is 0 Å². The van der Waals surface area contributed by atoms with Crippen molar-refractivity contribution in [2.75, 3.05) is 0 Å². The van der Waals surface area contributed by atoms with Crippen LogP contribution in [0.25, 0.3) is 0 Å². The number of nitrogens with zero attached hydrogens (tertiary/aromatic N) is 2. The molecule has 36 heavy (non-hydrogen) atoms. The Balaban J connectivity index is 1.74. The van der Waals surface area contributed by atoms with Crippen LogP contribution in [0.2, 0.25) is 10.6 Å². The molecule has 0 radical (unpaired) electrons. The van der Waals surface area contributed by atoms with Crippen LogP contribution in [0, 0.1) is 43.4 Å². The van der Waals surface area contributed by atoms with Crippen molar-refractivity contribution >= 4 is 50.2 Å². The fourth-order valence-electron chi connectivity index (χ4n) is 5.46. The van der Waals surface area contributed by atoms with Crippen LogP contribution < -0.4 is 8.92 Å². The molecule has 1 N–H and O–H groups in total. The van der Waals surface area contributed by atoms with Gasteiger partial charge < -0.3 is 0 Å². The fraction of sp³-hybridized carbons (Fsp3) is 0.556. The van der Waals surface area contributed by atoms with Crippen LogP contribution in [0.15, 0.2) is 48.5 Å². The molecule has 9 heteroatoms. The predicted molar refractivity (Wildman–Crippen MR) is 146 cm³/mol. The van der Waals surface area contributed by atoms with Gasteiger partial charge in [-0.2, -0.15) is 0 Å². The van der Waals surface area contributed by atoms with E-state index < -0.39 is 5.60 Å². The molecule has 2 aromatic rings. The second kappa shape index (κ2) is 12.2. The van der Waals surface area contributed by atoms with Gasteiger partial charge in [-0.3, -0.25) is 0 Å². The Morgan fingerprint density at radius 2 is 1.56 bits per heavy atom. The van der Waals surface area contributed by atoms with Crippen molar-refractivity contribution in [1.82, 2.24) is 0 Å². The molecule has 0 saturated heterocycles. The van der Waals surface area contributed by atoms with E-state index in [0.717, 1.165) is 45.2 Å². The number of nitro groups is 2. The zero-order chi connectivity index (χ0) is 26.5. The molecule has 4 unspecified atom stereocenters. The van der Waals surface area contributed by atoms with Crippen LogP contribution in [0.1, 0.15) is 53.4 Å². The molecule has 7 nitrogen and oxygen atoms in total. The van der Waals surface area contributed by atoms with E-state index in [1.807, 2.05) is 38.1 Å². The van der Waals surface area contributed by atoms with Crippen molar-refractivity contribution < 1.29 is 15.0 Å². The molecule has 1 fully saturated rings. The summed E-state index contributed by atoms with van der Waals surface area (Å²) < 4.78 is 1.67. The summed E-state index contributed by atoms with van der Waals surface area (Å²) in [6, 6.07) is 14.1. The van der Waals surface area contributed by atoms with Gasteiger partial charge in [-0.15, -0.1) is 0 Å². The third kappa shape index (κ3) is 7.17. The Hall–Kier alpha value is -1.76. The van der Waals surface area contributed by atoms with Crippen LogP contribution in [-0.2, 0) is 0 Å². The standard InChI is InChI=1S/C27H36N2O5Se2/c1-19(18-36-25-12-8-6-10-23(25)29(33)34)21-17-20(26(2,3)30)13-14-27(21,4)15-16-35-24-11-7-5-9-22(24)28(31)32/h5-12,19-21,30H,13-18H2,1-4H3. The van der Waals surface area contributed by atoms with Crippen molar-refractivity contribution in [3.63, 3.8) is 0 Å². The van der Waals surface area contributed by atoms with Crippen molar-refractivity contribution in [3.05, 3.63) is 68.8 Å². The monoisotopic (exact) mass is 628 g/mol. The number of rotatable bonds is 11. The van der Waals surface area contributed by atoms with Crippen LogP contribution in [0.4, 0.5) is 11.4 Å². The van der Waals surface area contributed by atoms with Crippen LogP contribution in [0.3, 0.4) is 0 Å². The first-order valence-corrected chi connectivity index (χ1v) is 16.5. The quantitative estimate of drug-likeness (QED) is 0.217. The molecule has 0 heterocycles. The SMILES string of the molecule is CC(C[Se]c1ccccc1[N+](=O)[O-])C1CC(C(C)(C)O)CCC1(C)CC[Se]c1ccccc1[N+](=O)[O-]. The second-order valence-electron chi connectivity index (χ2n) is 10.7. The molecule has 0 bridgehead atoms. The van der Waals surface area contributed by atoms with E-state index in [2.05, 4.69) is 13.8 Å². The molecule has 196 valence electrons. The van der Waals surface area contributed by atoms with Gasteiger partial charge >= 0.3 is 227 Å². The Morgan fingerprint density at radius 3 is 2.08 bits per heavy atom. The predicted octanol–water partition coefficient (Wildman–Crippen LogP) is 4.92. The van der Waals surface area contributed by atoms with Crippen LogP contribution in [-0.4, -0.2) is 50.5 Å². The van der Waals surface area contributed by atoms with Crippen LogP contribution in [0.5, 0.6) is 0 Å². The van der Waals surface area contributed by atoms with Gasteiger partial charge in [0.05, 0.1) is 0 Å². The molecular weight excluding hydrogens is 590 g/mol. The number of hydrogen-bond donors (Lipinski definition) is 1. The summed E-state index contributed by atoms with van der Waals surface area (Å²) in [6.45, 7) is 8.41. The number of hydrogen-bond acceptors (Lipinski definition) is 5. The third-order valence-electron chi connectivity index (χ3n) is 7.74. The van der Waals surface area contributed by atoms with Crippen molar-refractivity contribution in [2.24, 2.45) is 23.2 Å². The number of benzene rings is 2. The van der Waals surface area contributed by atoms with E-state index in [4.69, 9.17) is 0 Å². The van der Waals surface area contributed by atoms with Gasteiger partial charge in [0.25, 0.3) is 0 Å². The van der Waals surface area contributed by atoms with Gasteiger partial charge in [-0.1, -0.05) is 0 Å². The Labute approximate surface area is 226 Å². The van der Waals surface area contributed by atoms with Gasteiger partial charge in [0.2, 0.25) is 0 Å². The maximum atomic E-state index is 11.5.